The van der Waals surface area contributed by atoms with Crippen molar-refractivity contribution in [3.8, 4) is 11.3 Å². The normalized spacial score (nSPS) is 13.9. The number of rotatable bonds is 17. The van der Waals surface area contributed by atoms with E-state index >= 15 is 0 Å². The van der Waals surface area contributed by atoms with Crippen LogP contribution in [0.25, 0.3) is 11.3 Å². The third kappa shape index (κ3) is 10.9. The number of nitrogens with zero attached hydrogens (tertiary/aromatic N) is 5. The van der Waals surface area contributed by atoms with Crippen LogP contribution in [0.1, 0.15) is 105 Å². The number of carbonyl (C=O) groups excluding carboxylic acids is 2. The summed E-state index contributed by atoms with van der Waals surface area (Å²) < 4.78 is 7.44. The maximum absolute atomic E-state index is 13.9. The molecule has 0 saturated carbocycles. The zero-order valence-corrected chi connectivity index (χ0v) is 30.5. The molecule has 10 heteroatoms. The molecular formula is C38H59N7O3. The van der Waals surface area contributed by atoms with E-state index in [2.05, 4.69) is 60.5 Å². The summed E-state index contributed by atoms with van der Waals surface area (Å²) in [6.45, 7) is 18.7. The molecule has 1 aliphatic heterocycles. The maximum atomic E-state index is 13.9. The number of hydrogen-bond acceptors (Lipinski definition) is 8. The minimum absolute atomic E-state index is 0.0204. The summed E-state index contributed by atoms with van der Waals surface area (Å²) in [7, 11) is 1.86. The Morgan fingerprint density at radius 1 is 1.08 bits per heavy atom. The summed E-state index contributed by atoms with van der Waals surface area (Å²) in [6.07, 6.45) is 8.64. The molecule has 264 valence electrons. The predicted molar refractivity (Wildman–Crippen MR) is 197 cm³/mol. The number of nitrogens with one attached hydrogen (secondary N) is 2. The lowest BCUT2D eigenvalue weighted by Gasteiger charge is -2.35. The summed E-state index contributed by atoms with van der Waals surface area (Å²) in [5.41, 5.74) is 5.55. The number of anilines is 2. The average Bonchev–Trinajstić information content (AvgIpc) is 3.54. The number of aromatic nitrogens is 3. The first-order valence-corrected chi connectivity index (χ1v) is 18.0. The van der Waals surface area contributed by atoms with Gasteiger partial charge in [0, 0.05) is 94.5 Å². The lowest BCUT2D eigenvalue weighted by molar-refractivity contribution is 0.0637. The van der Waals surface area contributed by atoms with Gasteiger partial charge in [-0.15, -0.1) is 0 Å². The minimum atomic E-state index is 0.0204. The molecule has 10 nitrogen and oxygen atoms in total. The number of ether oxygens (including phenoxy) is 1. The van der Waals surface area contributed by atoms with Crippen molar-refractivity contribution in [2.75, 3.05) is 70.2 Å². The van der Waals surface area contributed by atoms with Crippen LogP contribution in [0.3, 0.4) is 0 Å². The van der Waals surface area contributed by atoms with E-state index in [1.54, 1.807) is 6.20 Å². The molecule has 2 aromatic heterocycles. The largest absolute Gasteiger partial charge is 0.388 e. The van der Waals surface area contributed by atoms with Crippen LogP contribution in [0, 0.1) is 6.92 Å². The molecule has 1 saturated heterocycles. The van der Waals surface area contributed by atoms with Crippen LogP contribution in [-0.4, -0.2) is 96.3 Å². The summed E-state index contributed by atoms with van der Waals surface area (Å²) in [4.78, 5) is 35.2. The molecule has 1 fully saturated rings. The molecule has 1 unspecified atom stereocenters. The zero-order chi connectivity index (χ0) is 34.9. The van der Waals surface area contributed by atoms with Gasteiger partial charge in [0.05, 0.1) is 17.5 Å². The minimum Gasteiger partial charge on any atom is -0.388 e. The molecule has 1 aliphatic rings. The highest BCUT2D eigenvalue weighted by Crippen LogP contribution is 2.35. The molecule has 1 amide bonds. The van der Waals surface area contributed by atoms with Crippen LogP contribution in [0.2, 0.25) is 0 Å². The van der Waals surface area contributed by atoms with E-state index in [0.717, 1.165) is 98.6 Å². The molecule has 0 aliphatic carbocycles. The Balaban J connectivity index is 0.00000201. The van der Waals surface area contributed by atoms with Gasteiger partial charge >= 0.3 is 0 Å². The Bertz CT molecular complexity index is 1420. The van der Waals surface area contributed by atoms with Crippen LogP contribution >= 0.6 is 0 Å². The maximum Gasteiger partial charge on any atom is 0.254 e. The van der Waals surface area contributed by atoms with E-state index in [-0.39, 0.29) is 11.9 Å². The third-order valence-corrected chi connectivity index (χ3v) is 8.59. The topological polar surface area (TPSA) is 105 Å². The van der Waals surface area contributed by atoms with Gasteiger partial charge in [-0.2, -0.15) is 5.10 Å². The van der Waals surface area contributed by atoms with E-state index in [4.69, 9.17) is 9.72 Å². The molecular weight excluding hydrogens is 602 g/mol. The second-order valence-corrected chi connectivity index (χ2v) is 12.5. The Morgan fingerprint density at radius 2 is 1.83 bits per heavy atom. The van der Waals surface area contributed by atoms with Crippen LogP contribution in [0.15, 0.2) is 36.5 Å². The van der Waals surface area contributed by atoms with Crippen molar-refractivity contribution in [3.63, 3.8) is 0 Å². The average molecular weight is 662 g/mol. The molecule has 48 heavy (non-hydrogen) atoms. The SMILES string of the molecule is CCC.CCCCNc1cccc(CCN2CCN(C(=O)c3cc(-c4c(C=O)cnn4C(C)CCCOCC)c(NC)cc3C)CC2)n1. The number of piperazine rings is 1. The summed E-state index contributed by atoms with van der Waals surface area (Å²) in [5, 5.41) is 11.3. The number of amides is 1. The number of aryl methyl sites for hydroxylation is 1. The second kappa shape index (κ2) is 20.6. The van der Waals surface area contributed by atoms with Crippen LogP contribution in [-0.2, 0) is 11.2 Å². The quantitative estimate of drug-likeness (QED) is 0.117. The van der Waals surface area contributed by atoms with Gasteiger partial charge in [0.25, 0.3) is 5.91 Å². The molecule has 3 heterocycles. The van der Waals surface area contributed by atoms with Crippen molar-refractivity contribution in [2.45, 2.75) is 86.1 Å². The van der Waals surface area contributed by atoms with Crippen LogP contribution < -0.4 is 10.6 Å². The predicted octanol–water partition coefficient (Wildman–Crippen LogP) is 7.11. The summed E-state index contributed by atoms with van der Waals surface area (Å²) in [5.74, 6) is 0.960. The number of pyridine rings is 1. The Morgan fingerprint density at radius 3 is 2.50 bits per heavy atom. The van der Waals surface area contributed by atoms with Crippen molar-refractivity contribution < 1.29 is 14.3 Å². The van der Waals surface area contributed by atoms with Gasteiger partial charge in [0.1, 0.15) is 5.82 Å². The van der Waals surface area contributed by atoms with Gasteiger partial charge in [-0.05, 0) is 69.9 Å². The molecule has 1 atom stereocenters. The van der Waals surface area contributed by atoms with Crippen LogP contribution in [0.5, 0.6) is 0 Å². The fourth-order valence-electron chi connectivity index (χ4n) is 5.89. The van der Waals surface area contributed by atoms with Crippen molar-refractivity contribution >= 4 is 23.7 Å². The van der Waals surface area contributed by atoms with Crippen LogP contribution in [0.4, 0.5) is 11.5 Å². The van der Waals surface area contributed by atoms with Crippen molar-refractivity contribution in [3.05, 3.63) is 58.9 Å². The first-order chi connectivity index (χ1) is 23.3. The first-order valence-electron chi connectivity index (χ1n) is 18.0. The van der Waals surface area contributed by atoms with E-state index < -0.39 is 0 Å². The highest BCUT2D eigenvalue weighted by Gasteiger charge is 2.26. The smallest absolute Gasteiger partial charge is 0.254 e. The monoisotopic (exact) mass is 661 g/mol. The summed E-state index contributed by atoms with van der Waals surface area (Å²) >= 11 is 0. The molecule has 0 spiro atoms. The Labute approximate surface area is 288 Å². The van der Waals surface area contributed by atoms with Crippen molar-refractivity contribution in [1.82, 2.24) is 24.6 Å². The molecule has 4 rings (SSSR count). The van der Waals surface area contributed by atoms with Gasteiger partial charge in [0.2, 0.25) is 0 Å². The molecule has 1 aromatic carbocycles. The third-order valence-electron chi connectivity index (χ3n) is 8.59. The summed E-state index contributed by atoms with van der Waals surface area (Å²) in [6, 6.07) is 10.2. The fourth-order valence-corrected chi connectivity index (χ4v) is 5.89. The highest BCUT2D eigenvalue weighted by molar-refractivity contribution is 6.00. The second-order valence-electron chi connectivity index (χ2n) is 12.5. The number of unbranched alkanes of at least 4 members (excludes halogenated alkanes) is 1. The van der Waals surface area contributed by atoms with Gasteiger partial charge < -0.3 is 20.3 Å². The van der Waals surface area contributed by atoms with Gasteiger partial charge in [0.15, 0.2) is 6.29 Å². The molecule has 0 bridgehead atoms. The van der Waals surface area contributed by atoms with Crippen molar-refractivity contribution in [2.24, 2.45) is 0 Å². The number of hydrogen-bond donors (Lipinski definition) is 2. The Kier molecular flexibility index (Phi) is 16.6. The Hall–Kier alpha value is -3.76. The molecule has 3 aromatic rings. The van der Waals surface area contributed by atoms with E-state index in [0.29, 0.717) is 37.4 Å². The van der Waals surface area contributed by atoms with E-state index in [1.165, 1.54) is 6.42 Å². The molecule has 2 N–H and O–H groups in total. The van der Waals surface area contributed by atoms with Gasteiger partial charge in [-0.1, -0.05) is 39.7 Å². The molecule has 0 radical (unpaired) electrons. The first kappa shape index (κ1) is 38.7. The fraction of sp³-hybridized carbons (Fsp3) is 0.579. The van der Waals surface area contributed by atoms with Gasteiger partial charge in [-0.25, -0.2) is 4.98 Å². The van der Waals surface area contributed by atoms with E-state index in [1.807, 2.05) is 48.7 Å². The standard InChI is InChI=1S/C35H51N7O3.C3H8/c1-6-8-15-37-33-13-9-12-29(39-33)14-16-40-17-19-41(20-18-40)35(44)30-23-31(32(36-5)22-26(30)3)34-28(25-43)24-38-42(34)27(4)11-10-21-45-7-2;1-3-2/h9,12-13,22-25,27,36H,6-8,10-11,14-21H2,1-5H3,(H,37,39);3H2,1-2H3. The lowest BCUT2D eigenvalue weighted by Crippen LogP contribution is -2.49. The highest BCUT2D eigenvalue weighted by atomic mass is 16.5. The van der Waals surface area contributed by atoms with E-state index in [9.17, 15) is 9.59 Å². The van der Waals surface area contributed by atoms with Gasteiger partial charge in [-0.3, -0.25) is 19.2 Å². The number of benzene rings is 1. The lowest BCUT2D eigenvalue weighted by atomic mass is 9.97. The van der Waals surface area contributed by atoms with Crippen molar-refractivity contribution in [1.29, 1.82) is 0 Å². The zero-order valence-electron chi connectivity index (χ0n) is 30.5. The number of carbonyl (C=O) groups is 2. The number of aldehydes is 1.